The highest BCUT2D eigenvalue weighted by molar-refractivity contribution is 7.89. The number of halogens is 2. The smallest absolute Gasteiger partial charge is 0.243 e. The zero-order valence-corrected chi connectivity index (χ0v) is 15.8. The van der Waals surface area contributed by atoms with Gasteiger partial charge in [-0.2, -0.15) is 4.31 Å². The van der Waals surface area contributed by atoms with Gasteiger partial charge in [0.2, 0.25) is 15.9 Å². The highest BCUT2D eigenvalue weighted by Crippen LogP contribution is 2.21. The second-order valence-corrected chi connectivity index (χ2v) is 8.43. The summed E-state index contributed by atoms with van der Waals surface area (Å²) >= 11 is 0. The SMILES string of the molecule is O=C(CCc1ccccc1O)N1CCN(S(=O)(=O)c2ccc(F)c(F)c2)CC1. The molecule has 1 aliphatic rings. The lowest BCUT2D eigenvalue weighted by molar-refractivity contribution is -0.132. The van der Waals surface area contributed by atoms with E-state index < -0.39 is 21.7 Å². The molecule has 9 heteroatoms. The van der Waals surface area contributed by atoms with Crippen molar-refractivity contribution in [2.45, 2.75) is 17.7 Å². The summed E-state index contributed by atoms with van der Waals surface area (Å²) in [5, 5.41) is 9.75. The molecule has 0 bridgehead atoms. The maximum atomic E-state index is 13.4. The van der Waals surface area contributed by atoms with Gasteiger partial charge in [-0.3, -0.25) is 4.79 Å². The third-order valence-corrected chi connectivity index (χ3v) is 6.61. The van der Waals surface area contributed by atoms with Gasteiger partial charge >= 0.3 is 0 Å². The van der Waals surface area contributed by atoms with Crippen LogP contribution in [0.3, 0.4) is 0 Å². The molecule has 6 nitrogen and oxygen atoms in total. The van der Waals surface area contributed by atoms with E-state index in [4.69, 9.17) is 0 Å². The van der Waals surface area contributed by atoms with Crippen molar-refractivity contribution in [1.29, 1.82) is 0 Å². The molecule has 150 valence electrons. The fourth-order valence-electron chi connectivity index (χ4n) is 3.09. The molecule has 0 saturated carbocycles. The van der Waals surface area contributed by atoms with Crippen LogP contribution in [0.4, 0.5) is 8.78 Å². The summed E-state index contributed by atoms with van der Waals surface area (Å²) in [6, 6.07) is 9.25. The molecule has 1 heterocycles. The molecule has 0 aliphatic carbocycles. The number of aryl methyl sites for hydroxylation is 1. The van der Waals surface area contributed by atoms with Gasteiger partial charge in [0.25, 0.3) is 0 Å². The van der Waals surface area contributed by atoms with Crippen LogP contribution in [0, 0.1) is 11.6 Å². The van der Waals surface area contributed by atoms with Gasteiger partial charge in [0.15, 0.2) is 11.6 Å². The number of hydrogen-bond acceptors (Lipinski definition) is 4. The number of benzene rings is 2. The van der Waals surface area contributed by atoms with Gasteiger partial charge < -0.3 is 10.0 Å². The number of nitrogens with zero attached hydrogens (tertiary/aromatic N) is 2. The molecule has 2 aromatic rings. The fourth-order valence-corrected chi connectivity index (χ4v) is 4.52. The van der Waals surface area contributed by atoms with Crippen molar-refractivity contribution in [3.05, 3.63) is 59.7 Å². The van der Waals surface area contributed by atoms with Crippen LogP contribution >= 0.6 is 0 Å². The Labute approximate surface area is 162 Å². The maximum Gasteiger partial charge on any atom is 0.243 e. The van der Waals surface area contributed by atoms with E-state index in [0.717, 1.165) is 16.4 Å². The van der Waals surface area contributed by atoms with E-state index in [2.05, 4.69) is 0 Å². The van der Waals surface area contributed by atoms with E-state index in [9.17, 15) is 27.1 Å². The van der Waals surface area contributed by atoms with Gasteiger partial charge in [-0.05, 0) is 36.2 Å². The molecule has 1 N–H and O–H groups in total. The summed E-state index contributed by atoms with van der Waals surface area (Å²) in [5.74, 6) is -2.33. The second kappa shape index (κ2) is 8.24. The molecule has 1 saturated heterocycles. The molecule has 0 radical (unpaired) electrons. The number of aromatic hydroxyl groups is 1. The molecule has 28 heavy (non-hydrogen) atoms. The van der Waals surface area contributed by atoms with Crippen LogP contribution in [-0.2, 0) is 21.2 Å². The van der Waals surface area contributed by atoms with Crippen molar-refractivity contribution in [3.8, 4) is 5.75 Å². The number of amides is 1. The van der Waals surface area contributed by atoms with Crippen LogP contribution in [0.5, 0.6) is 5.75 Å². The number of hydrogen-bond donors (Lipinski definition) is 1. The largest absolute Gasteiger partial charge is 0.508 e. The van der Waals surface area contributed by atoms with Crippen LogP contribution in [0.2, 0.25) is 0 Å². The first-order valence-electron chi connectivity index (χ1n) is 8.79. The van der Waals surface area contributed by atoms with Crippen LogP contribution < -0.4 is 0 Å². The Morgan fingerprint density at radius 1 is 1.00 bits per heavy atom. The highest BCUT2D eigenvalue weighted by Gasteiger charge is 2.30. The lowest BCUT2D eigenvalue weighted by Gasteiger charge is -2.34. The Kier molecular flexibility index (Phi) is 5.95. The predicted octanol–water partition coefficient (Wildman–Crippen LogP) is 2.14. The monoisotopic (exact) mass is 410 g/mol. The molecule has 0 aromatic heterocycles. The molecule has 1 aliphatic heterocycles. The van der Waals surface area contributed by atoms with Gasteiger partial charge in [0.05, 0.1) is 4.90 Å². The molecule has 2 aromatic carbocycles. The van der Waals surface area contributed by atoms with Crippen LogP contribution in [0.25, 0.3) is 0 Å². The number of carbonyl (C=O) groups excluding carboxylic acids is 1. The Balaban J connectivity index is 1.58. The molecule has 1 amide bonds. The third-order valence-electron chi connectivity index (χ3n) is 4.72. The predicted molar refractivity (Wildman–Crippen MR) is 98.1 cm³/mol. The number of rotatable bonds is 5. The van der Waals surface area contributed by atoms with Crippen LogP contribution in [0.1, 0.15) is 12.0 Å². The van der Waals surface area contributed by atoms with E-state index >= 15 is 0 Å². The number of phenols is 1. The Bertz CT molecular complexity index is 974. The fraction of sp³-hybridized carbons (Fsp3) is 0.316. The van der Waals surface area contributed by atoms with E-state index in [1.807, 2.05) is 0 Å². The number of phenolic OH excluding ortho intramolecular Hbond substituents is 1. The van der Waals surface area contributed by atoms with Gasteiger partial charge in [0, 0.05) is 32.6 Å². The Morgan fingerprint density at radius 2 is 1.68 bits per heavy atom. The number of piperazine rings is 1. The van der Waals surface area contributed by atoms with E-state index in [1.54, 1.807) is 29.2 Å². The molecular formula is C19H20F2N2O4S. The van der Waals surface area contributed by atoms with Crippen molar-refractivity contribution >= 4 is 15.9 Å². The van der Waals surface area contributed by atoms with Crippen molar-refractivity contribution in [2.24, 2.45) is 0 Å². The summed E-state index contributed by atoms with van der Waals surface area (Å²) in [5.41, 5.74) is 0.676. The first-order chi connectivity index (χ1) is 13.3. The first-order valence-corrected chi connectivity index (χ1v) is 10.2. The summed E-state index contributed by atoms with van der Waals surface area (Å²) in [6.45, 7) is 0.568. The van der Waals surface area contributed by atoms with Gasteiger partial charge in [-0.1, -0.05) is 18.2 Å². The Hall–Kier alpha value is -2.52. The molecule has 3 rings (SSSR count). The van der Waals surface area contributed by atoms with E-state index in [-0.39, 0.29) is 49.2 Å². The van der Waals surface area contributed by atoms with Gasteiger partial charge in [-0.25, -0.2) is 17.2 Å². The van der Waals surface area contributed by atoms with E-state index in [0.29, 0.717) is 18.1 Å². The third kappa shape index (κ3) is 4.31. The number of para-hydroxylation sites is 1. The summed E-state index contributed by atoms with van der Waals surface area (Å²) in [4.78, 5) is 13.6. The topological polar surface area (TPSA) is 77.9 Å². The number of carbonyl (C=O) groups is 1. The normalized spacial score (nSPS) is 15.6. The van der Waals surface area contributed by atoms with Crippen molar-refractivity contribution < 1.29 is 27.1 Å². The highest BCUT2D eigenvalue weighted by atomic mass is 32.2. The minimum absolute atomic E-state index is 0.0731. The lowest BCUT2D eigenvalue weighted by atomic mass is 10.1. The average Bonchev–Trinajstić information content (AvgIpc) is 2.69. The quantitative estimate of drug-likeness (QED) is 0.819. The Morgan fingerprint density at radius 3 is 2.32 bits per heavy atom. The summed E-state index contributed by atoms with van der Waals surface area (Å²) < 4.78 is 52.7. The standard InChI is InChI=1S/C19H20F2N2O4S/c20-16-7-6-15(13-17(16)21)28(26,27)23-11-9-22(10-12-23)19(25)8-5-14-3-1-2-4-18(14)24/h1-4,6-7,13,24H,5,8-12H2. The van der Waals surface area contributed by atoms with Crippen molar-refractivity contribution in [1.82, 2.24) is 9.21 Å². The second-order valence-electron chi connectivity index (χ2n) is 6.49. The zero-order chi connectivity index (χ0) is 20.3. The molecule has 0 atom stereocenters. The summed E-state index contributed by atoms with van der Waals surface area (Å²) in [7, 11) is -3.96. The molecule has 0 unspecified atom stereocenters. The van der Waals surface area contributed by atoms with Gasteiger partial charge in [0.1, 0.15) is 5.75 Å². The van der Waals surface area contributed by atoms with Crippen molar-refractivity contribution in [3.63, 3.8) is 0 Å². The molecule has 0 spiro atoms. The lowest BCUT2D eigenvalue weighted by Crippen LogP contribution is -2.50. The summed E-state index contributed by atoms with van der Waals surface area (Å²) in [6.07, 6.45) is 0.590. The number of sulfonamides is 1. The van der Waals surface area contributed by atoms with Crippen LogP contribution in [0.15, 0.2) is 47.4 Å². The maximum absolute atomic E-state index is 13.4. The molecular weight excluding hydrogens is 390 g/mol. The zero-order valence-electron chi connectivity index (χ0n) is 15.0. The minimum Gasteiger partial charge on any atom is -0.508 e. The van der Waals surface area contributed by atoms with E-state index in [1.165, 1.54) is 0 Å². The molecule has 1 fully saturated rings. The minimum atomic E-state index is -3.96. The first kappa shape index (κ1) is 20.2. The average molecular weight is 410 g/mol. The van der Waals surface area contributed by atoms with Gasteiger partial charge in [-0.15, -0.1) is 0 Å². The van der Waals surface area contributed by atoms with Crippen LogP contribution in [-0.4, -0.2) is 54.8 Å². The van der Waals surface area contributed by atoms with Crippen molar-refractivity contribution in [2.75, 3.05) is 26.2 Å².